The van der Waals surface area contributed by atoms with E-state index < -0.39 is 0 Å². The van der Waals surface area contributed by atoms with E-state index in [-0.39, 0.29) is 0 Å². The molecule has 0 heterocycles. The van der Waals surface area contributed by atoms with Crippen LogP contribution in [0.2, 0.25) is 0 Å². The number of hydrogen-bond acceptors (Lipinski definition) is 1. The average Bonchev–Trinajstić information content (AvgIpc) is 1.87. The maximum Gasteiger partial charge on any atom is 0.0295 e. The Morgan fingerprint density at radius 3 is 2.22 bits per heavy atom. The zero-order valence-corrected chi connectivity index (χ0v) is 9.09. The van der Waals surface area contributed by atoms with Crippen molar-refractivity contribution < 1.29 is 0 Å². The van der Waals surface area contributed by atoms with Gasteiger partial charge in [-0.25, -0.2) is 0 Å². The van der Waals surface area contributed by atoms with E-state index in [1.165, 1.54) is 0 Å². The first-order valence-corrected chi connectivity index (χ1v) is 4.43. The molecule has 0 aromatic carbocycles. The molecule has 0 amide bonds. The van der Waals surface area contributed by atoms with Gasteiger partial charge in [-0.05, 0) is 51.3 Å². The molecule has 0 spiro atoms. The molecule has 0 saturated carbocycles. The van der Waals surface area contributed by atoms with Crippen LogP contribution < -0.4 is 5.73 Å². The highest BCUT2D eigenvalue weighted by Gasteiger charge is 1.83. The fourth-order valence-corrected chi connectivity index (χ4v) is 1.51. The molecule has 3 heteroatoms. The largest absolute Gasteiger partial charge is 0.404 e. The Morgan fingerprint density at radius 2 is 1.89 bits per heavy atom. The third-order valence-corrected chi connectivity index (χ3v) is 2.05. The molecule has 2 N–H and O–H groups in total. The molecule has 0 atom stereocenters. The molecular weight excluding hydrogens is 340 g/mol. The summed E-state index contributed by atoms with van der Waals surface area (Å²) in [5, 5.41) is 0. The Hall–Kier alpha value is 0.480. The van der Waals surface area contributed by atoms with Gasteiger partial charge in [-0.1, -0.05) is 12.7 Å². The lowest BCUT2D eigenvalue weighted by molar-refractivity contribution is 1.59. The lowest BCUT2D eigenvalue weighted by atomic mass is 10.5. The number of nitrogens with two attached hydrogens (primary N) is 1. The molecule has 0 rings (SSSR count). The highest BCUT2D eigenvalue weighted by Crippen LogP contribution is 2.14. The maximum atomic E-state index is 5.22. The second kappa shape index (κ2) is 5.28. The van der Waals surface area contributed by atoms with Crippen LogP contribution >= 0.6 is 45.2 Å². The van der Waals surface area contributed by atoms with Crippen LogP contribution in [0, 0.1) is 0 Å². The highest BCUT2D eigenvalue weighted by atomic mass is 127. The van der Waals surface area contributed by atoms with Gasteiger partial charge in [0.15, 0.2) is 0 Å². The van der Waals surface area contributed by atoms with Crippen molar-refractivity contribution in [3.05, 3.63) is 32.1 Å². The minimum atomic E-state index is 1.02. The van der Waals surface area contributed by atoms with Crippen molar-refractivity contribution in [2.75, 3.05) is 0 Å². The van der Waals surface area contributed by atoms with Gasteiger partial charge in [0.1, 0.15) is 0 Å². The van der Waals surface area contributed by atoms with E-state index in [4.69, 9.17) is 5.73 Å². The number of rotatable bonds is 2. The topological polar surface area (TPSA) is 26.0 Å². The standard InChI is InChI=1S/C6H7I2N/c1-2-5(7)3-6(8)4-9/h2-4H,1,9H2/b5-3+,6-4+. The van der Waals surface area contributed by atoms with E-state index >= 15 is 0 Å². The van der Waals surface area contributed by atoms with Crippen LogP contribution in [0.4, 0.5) is 0 Å². The second-order valence-corrected chi connectivity index (χ2v) is 3.78. The number of hydrogen-bond donors (Lipinski definition) is 1. The Kier molecular flexibility index (Phi) is 5.56. The van der Waals surface area contributed by atoms with Crippen molar-refractivity contribution in [3.8, 4) is 0 Å². The summed E-state index contributed by atoms with van der Waals surface area (Å²) < 4.78 is 2.12. The number of halogens is 2. The van der Waals surface area contributed by atoms with E-state index in [0.29, 0.717) is 0 Å². The molecule has 0 aromatic heterocycles. The lowest BCUT2D eigenvalue weighted by Gasteiger charge is -1.86. The summed E-state index contributed by atoms with van der Waals surface area (Å²) in [7, 11) is 0. The zero-order valence-electron chi connectivity index (χ0n) is 4.77. The third kappa shape index (κ3) is 4.95. The third-order valence-electron chi connectivity index (χ3n) is 0.630. The maximum absolute atomic E-state index is 5.22. The van der Waals surface area contributed by atoms with Crippen LogP contribution in [0.25, 0.3) is 0 Å². The minimum Gasteiger partial charge on any atom is -0.404 e. The van der Waals surface area contributed by atoms with Crippen LogP contribution in [-0.2, 0) is 0 Å². The Morgan fingerprint density at radius 1 is 1.33 bits per heavy atom. The molecule has 0 radical (unpaired) electrons. The Labute approximate surface area is 82.4 Å². The molecule has 0 saturated heterocycles. The van der Waals surface area contributed by atoms with Crippen LogP contribution in [0.5, 0.6) is 0 Å². The molecular formula is C6H7I2N. The predicted octanol–water partition coefficient (Wildman–Crippen LogP) is 2.73. The van der Waals surface area contributed by atoms with Crippen molar-refractivity contribution in [2.24, 2.45) is 5.73 Å². The molecule has 1 nitrogen and oxygen atoms in total. The van der Waals surface area contributed by atoms with Gasteiger partial charge < -0.3 is 5.73 Å². The summed E-state index contributed by atoms with van der Waals surface area (Å²) in [4.78, 5) is 0. The van der Waals surface area contributed by atoms with Crippen molar-refractivity contribution >= 4 is 45.2 Å². The van der Waals surface area contributed by atoms with Crippen LogP contribution in [0.1, 0.15) is 0 Å². The molecule has 0 aliphatic heterocycles. The van der Waals surface area contributed by atoms with Crippen molar-refractivity contribution in [2.45, 2.75) is 0 Å². The molecule has 50 valence electrons. The minimum absolute atomic E-state index is 1.02. The molecule has 0 fully saturated rings. The van der Waals surface area contributed by atoms with Gasteiger partial charge in [0.25, 0.3) is 0 Å². The van der Waals surface area contributed by atoms with Gasteiger partial charge >= 0.3 is 0 Å². The SMILES string of the molecule is C=C/C(I)=C\C(I)=C/N. The van der Waals surface area contributed by atoms with E-state index in [9.17, 15) is 0 Å². The van der Waals surface area contributed by atoms with E-state index in [1.54, 1.807) is 12.3 Å². The van der Waals surface area contributed by atoms with Gasteiger partial charge in [0.05, 0.1) is 0 Å². The Bertz CT molecular complexity index is 158. The van der Waals surface area contributed by atoms with Gasteiger partial charge in [0.2, 0.25) is 0 Å². The van der Waals surface area contributed by atoms with Crippen LogP contribution in [-0.4, -0.2) is 0 Å². The number of allylic oxidation sites excluding steroid dienone is 4. The zero-order chi connectivity index (χ0) is 7.28. The normalized spacial score (nSPS) is 13.6. The van der Waals surface area contributed by atoms with Crippen molar-refractivity contribution in [3.63, 3.8) is 0 Å². The highest BCUT2D eigenvalue weighted by molar-refractivity contribution is 14.1. The molecule has 0 aliphatic carbocycles. The molecule has 0 aliphatic rings. The van der Waals surface area contributed by atoms with E-state index in [2.05, 4.69) is 51.8 Å². The Balaban J connectivity index is 4.11. The first-order chi connectivity index (χ1) is 4.20. The average molecular weight is 347 g/mol. The summed E-state index contributed by atoms with van der Waals surface area (Å²) in [5.41, 5.74) is 5.22. The van der Waals surface area contributed by atoms with Crippen molar-refractivity contribution in [1.82, 2.24) is 0 Å². The smallest absolute Gasteiger partial charge is 0.0295 e. The van der Waals surface area contributed by atoms with Gasteiger partial charge in [0, 0.05) is 13.4 Å². The fourth-order valence-electron chi connectivity index (χ4n) is 0.239. The monoisotopic (exact) mass is 347 g/mol. The fraction of sp³-hybridized carbons (Fsp3) is 0. The molecule has 9 heavy (non-hydrogen) atoms. The molecule has 0 unspecified atom stereocenters. The summed E-state index contributed by atoms with van der Waals surface area (Å²) in [6, 6.07) is 0. The summed E-state index contributed by atoms with van der Waals surface area (Å²) in [6.07, 6.45) is 5.29. The first-order valence-electron chi connectivity index (χ1n) is 2.27. The molecule has 0 aromatic rings. The quantitative estimate of drug-likeness (QED) is 0.604. The predicted molar refractivity (Wildman–Crippen MR) is 58.6 cm³/mol. The van der Waals surface area contributed by atoms with Crippen molar-refractivity contribution in [1.29, 1.82) is 0 Å². The van der Waals surface area contributed by atoms with E-state index in [0.717, 1.165) is 7.16 Å². The van der Waals surface area contributed by atoms with Gasteiger partial charge in [-0.2, -0.15) is 0 Å². The lowest BCUT2D eigenvalue weighted by Crippen LogP contribution is -1.77. The molecule has 0 bridgehead atoms. The second-order valence-electron chi connectivity index (χ2n) is 1.28. The van der Waals surface area contributed by atoms with Crippen LogP contribution in [0.15, 0.2) is 32.1 Å². The van der Waals surface area contributed by atoms with Gasteiger partial charge in [-0.15, -0.1) is 0 Å². The van der Waals surface area contributed by atoms with Crippen LogP contribution in [0.3, 0.4) is 0 Å². The first kappa shape index (κ1) is 9.48. The summed E-state index contributed by atoms with van der Waals surface area (Å²) in [6.45, 7) is 3.60. The van der Waals surface area contributed by atoms with Gasteiger partial charge in [-0.3, -0.25) is 0 Å². The van der Waals surface area contributed by atoms with E-state index in [1.807, 2.05) is 6.08 Å². The summed E-state index contributed by atoms with van der Waals surface area (Å²) in [5.74, 6) is 0. The summed E-state index contributed by atoms with van der Waals surface area (Å²) >= 11 is 4.34.